The molecule has 3 rings (SSSR count). The van der Waals surface area contributed by atoms with E-state index in [4.69, 9.17) is 5.73 Å². The molecule has 2 heterocycles. The zero-order valence-electron chi connectivity index (χ0n) is 11.7. The highest BCUT2D eigenvalue weighted by atomic mass is 16.1. The Kier molecular flexibility index (Phi) is 3.98. The molecule has 2 aliphatic rings. The quantitative estimate of drug-likeness (QED) is 0.831. The molecule has 1 aromatic rings. The molecule has 5 heteroatoms. The van der Waals surface area contributed by atoms with Crippen LogP contribution in [0.1, 0.15) is 35.3 Å². The third-order valence-electron chi connectivity index (χ3n) is 4.22. The third-order valence-corrected chi connectivity index (χ3v) is 4.22. The first kappa shape index (κ1) is 13.5. The molecule has 1 saturated heterocycles. The predicted molar refractivity (Wildman–Crippen MR) is 77.2 cm³/mol. The van der Waals surface area contributed by atoms with Crippen molar-refractivity contribution in [2.24, 2.45) is 11.7 Å². The SMILES string of the molecule is NCc1cc(C(=O)NCC2CCN(C3CC3)C2)ccn1. The number of nitrogens with one attached hydrogen (secondary N) is 1. The molecule has 108 valence electrons. The minimum Gasteiger partial charge on any atom is -0.352 e. The summed E-state index contributed by atoms with van der Waals surface area (Å²) in [6.07, 6.45) is 5.55. The van der Waals surface area contributed by atoms with Gasteiger partial charge in [0.2, 0.25) is 0 Å². The van der Waals surface area contributed by atoms with Crippen LogP contribution < -0.4 is 11.1 Å². The van der Waals surface area contributed by atoms with E-state index < -0.39 is 0 Å². The third kappa shape index (κ3) is 3.16. The number of nitrogens with zero attached hydrogens (tertiary/aromatic N) is 2. The Labute approximate surface area is 119 Å². The standard InChI is InChI=1S/C15H22N4O/c16-8-13-7-12(3-5-17-13)15(20)18-9-11-4-6-19(10-11)14-1-2-14/h3,5,7,11,14H,1-2,4,6,8-10,16H2,(H,18,20). The van der Waals surface area contributed by atoms with E-state index in [1.807, 2.05) is 0 Å². The average molecular weight is 274 g/mol. The van der Waals surface area contributed by atoms with E-state index >= 15 is 0 Å². The van der Waals surface area contributed by atoms with Gasteiger partial charge in [-0.2, -0.15) is 0 Å². The van der Waals surface area contributed by atoms with Gasteiger partial charge in [0.1, 0.15) is 0 Å². The van der Waals surface area contributed by atoms with E-state index in [0.717, 1.165) is 24.8 Å². The van der Waals surface area contributed by atoms with Gasteiger partial charge in [0.25, 0.3) is 5.91 Å². The fourth-order valence-corrected chi connectivity index (χ4v) is 2.87. The van der Waals surface area contributed by atoms with Crippen LogP contribution in [-0.2, 0) is 6.54 Å². The topological polar surface area (TPSA) is 71.2 Å². The second-order valence-electron chi connectivity index (χ2n) is 5.83. The van der Waals surface area contributed by atoms with Crippen LogP contribution in [0.4, 0.5) is 0 Å². The Morgan fingerprint density at radius 2 is 2.30 bits per heavy atom. The number of nitrogens with two attached hydrogens (primary N) is 1. The molecule has 0 bridgehead atoms. The Morgan fingerprint density at radius 1 is 1.45 bits per heavy atom. The van der Waals surface area contributed by atoms with Crippen LogP contribution in [0.5, 0.6) is 0 Å². The maximum atomic E-state index is 12.1. The van der Waals surface area contributed by atoms with Crippen LogP contribution in [0.25, 0.3) is 0 Å². The molecule has 0 spiro atoms. The van der Waals surface area contributed by atoms with Gasteiger partial charge >= 0.3 is 0 Å². The van der Waals surface area contributed by atoms with Crippen LogP contribution in [0, 0.1) is 5.92 Å². The fourth-order valence-electron chi connectivity index (χ4n) is 2.87. The lowest BCUT2D eigenvalue weighted by atomic mass is 10.1. The van der Waals surface area contributed by atoms with Crippen molar-refractivity contribution in [2.45, 2.75) is 31.8 Å². The molecule has 1 unspecified atom stereocenters. The Hall–Kier alpha value is -1.46. The minimum absolute atomic E-state index is 0.0213. The van der Waals surface area contributed by atoms with Gasteiger partial charge < -0.3 is 16.0 Å². The van der Waals surface area contributed by atoms with E-state index in [-0.39, 0.29) is 5.91 Å². The van der Waals surface area contributed by atoms with Crippen LogP contribution >= 0.6 is 0 Å². The van der Waals surface area contributed by atoms with Crippen molar-refractivity contribution in [1.29, 1.82) is 0 Å². The van der Waals surface area contributed by atoms with Crippen molar-refractivity contribution in [1.82, 2.24) is 15.2 Å². The second-order valence-corrected chi connectivity index (χ2v) is 5.83. The van der Waals surface area contributed by atoms with Gasteiger partial charge in [-0.1, -0.05) is 0 Å². The molecule has 0 radical (unpaired) electrons. The lowest BCUT2D eigenvalue weighted by Crippen LogP contribution is -2.31. The Bertz CT molecular complexity index is 487. The molecule has 1 saturated carbocycles. The summed E-state index contributed by atoms with van der Waals surface area (Å²) in [6, 6.07) is 4.34. The van der Waals surface area contributed by atoms with Gasteiger partial charge in [0.15, 0.2) is 0 Å². The van der Waals surface area contributed by atoms with Crippen molar-refractivity contribution in [3.8, 4) is 0 Å². The summed E-state index contributed by atoms with van der Waals surface area (Å²) in [7, 11) is 0. The zero-order valence-corrected chi connectivity index (χ0v) is 11.7. The first-order valence-corrected chi connectivity index (χ1v) is 7.43. The van der Waals surface area contributed by atoms with Gasteiger partial charge in [-0.15, -0.1) is 0 Å². The molecular formula is C15H22N4O. The summed E-state index contributed by atoms with van der Waals surface area (Å²) >= 11 is 0. The first-order valence-electron chi connectivity index (χ1n) is 7.43. The number of carbonyl (C=O) groups is 1. The normalized spacial score (nSPS) is 22.9. The molecule has 0 aromatic carbocycles. The molecule has 5 nitrogen and oxygen atoms in total. The van der Waals surface area contributed by atoms with Crippen molar-refractivity contribution < 1.29 is 4.79 Å². The van der Waals surface area contributed by atoms with Crippen LogP contribution in [0.2, 0.25) is 0 Å². The molecule has 1 amide bonds. The van der Waals surface area contributed by atoms with Crippen molar-refractivity contribution in [3.63, 3.8) is 0 Å². The van der Waals surface area contributed by atoms with Gasteiger partial charge in [0.05, 0.1) is 5.69 Å². The highest BCUT2D eigenvalue weighted by Crippen LogP contribution is 2.31. The highest BCUT2D eigenvalue weighted by molar-refractivity contribution is 5.94. The summed E-state index contributed by atoms with van der Waals surface area (Å²) < 4.78 is 0. The molecule has 1 aliphatic carbocycles. The smallest absolute Gasteiger partial charge is 0.251 e. The minimum atomic E-state index is -0.0213. The number of rotatable bonds is 5. The summed E-state index contributed by atoms with van der Waals surface area (Å²) in [4.78, 5) is 18.8. The number of carbonyl (C=O) groups excluding carboxylic acids is 1. The zero-order chi connectivity index (χ0) is 13.9. The average Bonchev–Trinajstić information content (AvgIpc) is 3.24. The van der Waals surface area contributed by atoms with Crippen LogP contribution in [0.15, 0.2) is 18.3 Å². The van der Waals surface area contributed by atoms with Crippen molar-refractivity contribution in [2.75, 3.05) is 19.6 Å². The summed E-state index contributed by atoms with van der Waals surface area (Å²) in [5.74, 6) is 0.572. The molecule has 1 aliphatic heterocycles. The summed E-state index contributed by atoms with van der Waals surface area (Å²) in [5.41, 5.74) is 6.94. The molecular weight excluding hydrogens is 252 g/mol. The van der Waals surface area contributed by atoms with E-state index in [1.165, 1.54) is 25.8 Å². The second kappa shape index (κ2) is 5.89. The lowest BCUT2D eigenvalue weighted by Gasteiger charge is -2.15. The van der Waals surface area contributed by atoms with Gasteiger partial charge in [0, 0.05) is 37.4 Å². The summed E-state index contributed by atoms with van der Waals surface area (Å²) in [5, 5.41) is 3.04. The van der Waals surface area contributed by atoms with Crippen LogP contribution in [0.3, 0.4) is 0 Å². The van der Waals surface area contributed by atoms with E-state index in [2.05, 4.69) is 15.2 Å². The number of pyridine rings is 1. The van der Waals surface area contributed by atoms with Gasteiger partial charge in [-0.05, 0) is 43.9 Å². The molecule has 20 heavy (non-hydrogen) atoms. The fraction of sp³-hybridized carbons (Fsp3) is 0.600. The van der Waals surface area contributed by atoms with Crippen molar-refractivity contribution in [3.05, 3.63) is 29.6 Å². The molecule has 1 aromatic heterocycles. The summed E-state index contributed by atoms with van der Waals surface area (Å²) in [6.45, 7) is 3.45. The number of aromatic nitrogens is 1. The Balaban J connectivity index is 1.49. The largest absolute Gasteiger partial charge is 0.352 e. The van der Waals surface area contributed by atoms with E-state index in [1.54, 1.807) is 18.3 Å². The van der Waals surface area contributed by atoms with E-state index in [9.17, 15) is 4.79 Å². The van der Waals surface area contributed by atoms with Gasteiger partial charge in [-0.25, -0.2) is 0 Å². The molecule has 1 atom stereocenters. The molecule has 2 fully saturated rings. The highest BCUT2D eigenvalue weighted by Gasteiger charge is 2.34. The van der Waals surface area contributed by atoms with E-state index in [0.29, 0.717) is 18.0 Å². The number of hydrogen-bond acceptors (Lipinski definition) is 4. The monoisotopic (exact) mass is 274 g/mol. The van der Waals surface area contributed by atoms with Crippen LogP contribution in [-0.4, -0.2) is 41.5 Å². The molecule has 3 N–H and O–H groups in total. The number of hydrogen-bond donors (Lipinski definition) is 2. The predicted octanol–water partition coefficient (Wildman–Crippen LogP) is 0.754. The maximum Gasteiger partial charge on any atom is 0.251 e. The maximum absolute atomic E-state index is 12.1. The lowest BCUT2D eigenvalue weighted by molar-refractivity contribution is 0.0947. The number of amides is 1. The van der Waals surface area contributed by atoms with Crippen molar-refractivity contribution >= 4 is 5.91 Å². The Morgan fingerprint density at radius 3 is 3.05 bits per heavy atom. The number of likely N-dealkylation sites (tertiary alicyclic amines) is 1. The first-order chi connectivity index (χ1) is 9.76. The van der Waals surface area contributed by atoms with Gasteiger partial charge in [-0.3, -0.25) is 9.78 Å².